The summed E-state index contributed by atoms with van der Waals surface area (Å²) in [5, 5.41) is 7.13. The third-order valence-electron chi connectivity index (χ3n) is 2.87. The number of benzene rings is 1. The molecule has 0 bridgehead atoms. The van der Waals surface area contributed by atoms with Crippen molar-refractivity contribution in [1.82, 2.24) is 5.32 Å². The first kappa shape index (κ1) is 13.5. The summed E-state index contributed by atoms with van der Waals surface area (Å²) in [5.41, 5.74) is 1.41. The molecule has 0 fully saturated rings. The predicted molar refractivity (Wildman–Crippen MR) is 79.3 cm³/mol. The number of ether oxygens (including phenoxy) is 1. The molecular weight excluding hydrogens is 242 g/mol. The van der Waals surface area contributed by atoms with Gasteiger partial charge in [-0.25, -0.2) is 0 Å². The summed E-state index contributed by atoms with van der Waals surface area (Å²) in [6.07, 6.45) is 2.19. The predicted octanol–water partition coefficient (Wildman–Crippen LogP) is 3.81. The fourth-order valence-electron chi connectivity index (χ4n) is 1.94. The molecule has 0 aliphatic heterocycles. The van der Waals surface area contributed by atoms with Crippen molar-refractivity contribution in [3.63, 3.8) is 0 Å². The average Bonchev–Trinajstić information content (AvgIpc) is 2.81. The van der Waals surface area contributed by atoms with Crippen LogP contribution in [0.3, 0.4) is 0 Å². The minimum Gasteiger partial charge on any atom is -0.381 e. The van der Waals surface area contributed by atoms with Crippen molar-refractivity contribution in [2.75, 3.05) is 19.8 Å². The summed E-state index contributed by atoms with van der Waals surface area (Å²) in [4.78, 5) is 0. The van der Waals surface area contributed by atoms with E-state index in [0.717, 1.165) is 39.1 Å². The van der Waals surface area contributed by atoms with E-state index < -0.39 is 0 Å². The van der Waals surface area contributed by atoms with E-state index in [-0.39, 0.29) is 0 Å². The molecule has 2 rings (SSSR count). The van der Waals surface area contributed by atoms with Crippen LogP contribution in [0.25, 0.3) is 10.1 Å². The quantitative estimate of drug-likeness (QED) is 0.731. The SMILES string of the molecule is CCCOCCCNCc1csc2ccccc12. The third kappa shape index (κ3) is 3.80. The Morgan fingerprint density at radius 1 is 1.22 bits per heavy atom. The summed E-state index contributed by atoms with van der Waals surface area (Å²) in [7, 11) is 0. The molecule has 0 aliphatic carbocycles. The van der Waals surface area contributed by atoms with Crippen molar-refractivity contribution in [3.8, 4) is 0 Å². The van der Waals surface area contributed by atoms with E-state index in [0.29, 0.717) is 0 Å². The number of rotatable bonds is 8. The lowest BCUT2D eigenvalue weighted by atomic mass is 10.2. The van der Waals surface area contributed by atoms with Crippen molar-refractivity contribution < 1.29 is 4.74 Å². The van der Waals surface area contributed by atoms with E-state index in [1.807, 2.05) is 11.3 Å². The van der Waals surface area contributed by atoms with Gasteiger partial charge in [-0.1, -0.05) is 25.1 Å². The molecule has 0 spiro atoms. The van der Waals surface area contributed by atoms with Crippen LogP contribution in [0.4, 0.5) is 0 Å². The fourth-order valence-corrected chi connectivity index (χ4v) is 2.90. The van der Waals surface area contributed by atoms with Crippen LogP contribution in [0, 0.1) is 0 Å². The van der Waals surface area contributed by atoms with Crippen LogP contribution in [0.1, 0.15) is 25.3 Å². The Balaban J connectivity index is 1.70. The highest BCUT2D eigenvalue weighted by Gasteiger charge is 2.01. The Morgan fingerprint density at radius 2 is 2.11 bits per heavy atom. The molecule has 1 heterocycles. The summed E-state index contributed by atoms with van der Waals surface area (Å²) >= 11 is 1.82. The monoisotopic (exact) mass is 263 g/mol. The molecule has 0 atom stereocenters. The Labute approximate surface area is 113 Å². The van der Waals surface area contributed by atoms with Crippen LogP contribution in [0.5, 0.6) is 0 Å². The van der Waals surface area contributed by atoms with Gasteiger partial charge in [0.25, 0.3) is 0 Å². The maximum atomic E-state index is 5.45. The second-order valence-electron chi connectivity index (χ2n) is 4.40. The van der Waals surface area contributed by atoms with Crippen molar-refractivity contribution in [3.05, 3.63) is 35.2 Å². The standard InChI is InChI=1S/C15H21NOS/c1-2-9-17-10-5-8-16-11-13-12-18-15-7-4-3-6-14(13)15/h3-4,6-7,12,16H,2,5,8-11H2,1H3. The zero-order valence-corrected chi connectivity index (χ0v) is 11.8. The van der Waals surface area contributed by atoms with Crippen molar-refractivity contribution in [1.29, 1.82) is 0 Å². The van der Waals surface area contributed by atoms with E-state index in [1.165, 1.54) is 15.6 Å². The zero-order valence-electron chi connectivity index (χ0n) is 10.9. The van der Waals surface area contributed by atoms with Gasteiger partial charge in [0.1, 0.15) is 0 Å². The van der Waals surface area contributed by atoms with Gasteiger partial charge >= 0.3 is 0 Å². The van der Waals surface area contributed by atoms with Gasteiger partial charge in [-0.3, -0.25) is 0 Å². The van der Waals surface area contributed by atoms with Crippen molar-refractivity contribution in [2.24, 2.45) is 0 Å². The summed E-state index contributed by atoms with van der Waals surface area (Å²) in [6, 6.07) is 8.59. The van der Waals surface area contributed by atoms with Gasteiger partial charge in [0.2, 0.25) is 0 Å². The minimum absolute atomic E-state index is 0.866. The molecule has 0 saturated carbocycles. The average molecular weight is 263 g/mol. The highest BCUT2D eigenvalue weighted by Crippen LogP contribution is 2.25. The number of hydrogen-bond acceptors (Lipinski definition) is 3. The highest BCUT2D eigenvalue weighted by atomic mass is 32.1. The molecule has 2 nitrogen and oxygen atoms in total. The van der Waals surface area contributed by atoms with Gasteiger partial charge < -0.3 is 10.1 Å². The summed E-state index contributed by atoms with van der Waals surface area (Å²) in [5.74, 6) is 0. The number of fused-ring (bicyclic) bond motifs is 1. The van der Waals surface area contributed by atoms with Gasteiger partial charge in [-0.15, -0.1) is 11.3 Å². The molecule has 1 aromatic heterocycles. The van der Waals surface area contributed by atoms with Crippen LogP contribution < -0.4 is 5.32 Å². The molecule has 0 saturated heterocycles. The maximum absolute atomic E-state index is 5.45. The summed E-state index contributed by atoms with van der Waals surface area (Å²) < 4.78 is 6.83. The van der Waals surface area contributed by atoms with Gasteiger partial charge in [0.15, 0.2) is 0 Å². The molecule has 1 N–H and O–H groups in total. The second kappa shape index (κ2) is 7.52. The normalized spacial score (nSPS) is 11.2. The third-order valence-corrected chi connectivity index (χ3v) is 3.88. The van der Waals surface area contributed by atoms with E-state index in [9.17, 15) is 0 Å². The van der Waals surface area contributed by atoms with Crippen LogP contribution >= 0.6 is 11.3 Å². The molecule has 3 heteroatoms. The lowest BCUT2D eigenvalue weighted by molar-refractivity contribution is 0.132. The number of nitrogens with one attached hydrogen (secondary N) is 1. The fraction of sp³-hybridized carbons (Fsp3) is 0.467. The van der Waals surface area contributed by atoms with E-state index in [2.05, 4.69) is 41.9 Å². The molecular formula is C15H21NOS. The largest absolute Gasteiger partial charge is 0.381 e. The van der Waals surface area contributed by atoms with E-state index >= 15 is 0 Å². The van der Waals surface area contributed by atoms with Crippen LogP contribution in [-0.4, -0.2) is 19.8 Å². The topological polar surface area (TPSA) is 21.3 Å². The smallest absolute Gasteiger partial charge is 0.0478 e. The van der Waals surface area contributed by atoms with Crippen molar-refractivity contribution >= 4 is 21.4 Å². The van der Waals surface area contributed by atoms with E-state index in [1.54, 1.807) is 0 Å². The van der Waals surface area contributed by atoms with Crippen LogP contribution in [0.2, 0.25) is 0 Å². The van der Waals surface area contributed by atoms with Gasteiger partial charge in [-0.2, -0.15) is 0 Å². The molecule has 0 amide bonds. The first-order valence-corrected chi connectivity index (χ1v) is 7.53. The number of thiophene rings is 1. The molecule has 2 aromatic rings. The highest BCUT2D eigenvalue weighted by molar-refractivity contribution is 7.17. The van der Waals surface area contributed by atoms with Crippen LogP contribution in [0.15, 0.2) is 29.6 Å². The van der Waals surface area contributed by atoms with Gasteiger partial charge in [-0.05, 0) is 41.8 Å². The first-order valence-electron chi connectivity index (χ1n) is 6.65. The van der Waals surface area contributed by atoms with Gasteiger partial charge in [0, 0.05) is 24.5 Å². The summed E-state index contributed by atoms with van der Waals surface area (Å²) in [6.45, 7) is 5.87. The first-order chi connectivity index (χ1) is 8.92. The maximum Gasteiger partial charge on any atom is 0.0478 e. The minimum atomic E-state index is 0.866. The molecule has 98 valence electrons. The molecule has 0 aliphatic rings. The Kier molecular flexibility index (Phi) is 5.65. The van der Waals surface area contributed by atoms with Gasteiger partial charge in [0.05, 0.1) is 0 Å². The second-order valence-corrected chi connectivity index (χ2v) is 5.31. The lowest BCUT2D eigenvalue weighted by Gasteiger charge is -2.05. The zero-order chi connectivity index (χ0) is 12.6. The number of hydrogen-bond donors (Lipinski definition) is 1. The Bertz CT molecular complexity index is 466. The van der Waals surface area contributed by atoms with Crippen LogP contribution in [-0.2, 0) is 11.3 Å². The molecule has 1 aromatic carbocycles. The van der Waals surface area contributed by atoms with E-state index in [4.69, 9.17) is 4.74 Å². The molecule has 0 radical (unpaired) electrons. The molecule has 0 unspecified atom stereocenters. The lowest BCUT2D eigenvalue weighted by Crippen LogP contribution is -2.16. The van der Waals surface area contributed by atoms with Crippen molar-refractivity contribution in [2.45, 2.75) is 26.3 Å². The Morgan fingerprint density at radius 3 is 3.00 bits per heavy atom. The molecule has 18 heavy (non-hydrogen) atoms. The Hall–Kier alpha value is -0.900.